The van der Waals surface area contributed by atoms with Gasteiger partial charge in [0.25, 0.3) is 0 Å². The molecule has 0 saturated heterocycles. The van der Waals surface area contributed by atoms with Crippen LogP contribution >= 0.6 is 0 Å². The average Bonchev–Trinajstić information content (AvgIpc) is 2.78. The summed E-state index contributed by atoms with van der Waals surface area (Å²) < 4.78 is 1.82. The van der Waals surface area contributed by atoms with Crippen LogP contribution in [0, 0.1) is 0 Å². The van der Waals surface area contributed by atoms with E-state index in [-0.39, 0.29) is 11.6 Å². The van der Waals surface area contributed by atoms with Gasteiger partial charge in [-0.25, -0.2) is 5.43 Å². The first-order valence-corrected chi connectivity index (χ1v) is 6.74. The lowest BCUT2D eigenvalue weighted by atomic mass is 9.85. The molecule has 0 saturated carbocycles. The van der Waals surface area contributed by atoms with Gasteiger partial charge >= 0.3 is 0 Å². The molecule has 1 aromatic heterocycles. The molecule has 0 aliphatic carbocycles. The lowest BCUT2D eigenvalue weighted by Gasteiger charge is -2.44. The fourth-order valence-electron chi connectivity index (χ4n) is 2.73. The molecule has 0 aliphatic heterocycles. The highest BCUT2D eigenvalue weighted by atomic mass is 15.3. The Hall–Kier alpha value is -0.910. The number of nitrogens with two attached hydrogens (primary N) is 1. The van der Waals surface area contributed by atoms with E-state index in [0.29, 0.717) is 0 Å². The highest BCUT2D eigenvalue weighted by Crippen LogP contribution is 2.32. The van der Waals surface area contributed by atoms with Gasteiger partial charge in [0.15, 0.2) is 0 Å². The Kier molecular flexibility index (Phi) is 5.31. The van der Waals surface area contributed by atoms with E-state index in [2.05, 4.69) is 43.1 Å². The predicted octanol–water partition coefficient (Wildman–Crippen LogP) is 1.44. The van der Waals surface area contributed by atoms with Crippen LogP contribution in [0.5, 0.6) is 0 Å². The minimum absolute atomic E-state index is 0.0311. The minimum Gasteiger partial charge on any atom is -0.296 e. The molecule has 0 amide bonds. The third-order valence-corrected chi connectivity index (χ3v) is 4.02. The van der Waals surface area contributed by atoms with E-state index < -0.39 is 0 Å². The maximum atomic E-state index is 5.80. The molecule has 1 heterocycles. The quantitative estimate of drug-likeness (QED) is 0.570. The van der Waals surface area contributed by atoms with E-state index in [1.54, 1.807) is 0 Å². The molecular formula is C13H27N5. The van der Waals surface area contributed by atoms with E-state index in [0.717, 1.165) is 25.2 Å². The molecule has 5 heteroatoms. The summed E-state index contributed by atoms with van der Waals surface area (Å²) in [6.07, 6.45) is 2.97. The Morgan fingerprint density at radius 2 is 2.06 bits per heavy atom. The fourth-order valence-corrected chi connectivity index (χ4v) is 2.73. The smallest absolute Gasteiger partial charge is 0.0831 e. The van der Waals surface area contributed by atoms with Gasteiger partial charge < -0.3 is 0 Å². The lowest BCUT2D eigenvalue weighted by molar-refractivity contribution is 0.0681. The molecule has 0 aromatic carbocycles. The first-order chi connectivity index (χ1) is 8.53. The molecule has 1 rings (SSSR count). The van der Waals surface area contributed by atoms with Crippen molar-refractivity contribution >= 4 is 0 Å². The summed E-state index contributed by atoms with van der Waals surface area (Å²) in [7, 11) is 1.93. The SMILES string of the molecule is CCN(CC)C(C)(CC)C(NN)c1ccn(C)n1. The van der Waals surface area contributed by atoms with Crippen LogP contribution in [0.2, 0.25) is 0 Å². The zero-order chi connectivity index (χ0) is 13.8. The first kappa shape index (κ1) is 15.1. The molecule has 2 atom stereocenters. The summed E-state index contributed by atoms with van der Waals surface area (Å²) >= 11 is 0. The number of nitrogens with zero attached hydrogens (tertiary/aromatic N) is 3. The summed E-state index contributed by atoms with van der Waals surface area (Å²) in [5.74, 6) is 5.80. The molecule has 2 unspecified atom stereocenters. The van der Waals surface area contributed by atoms with Crippen molar-refractivity contribution in [2.75, 3.05) is 13.1 Å². The number of rotatable bonds is 7. The third-order valence-electron chi connectivity index (χ3n) is 4.02. The zero-order valence-electron chi connectivity index (χ0n) is 12.3. The van der Waals surface area contributed by atoms with Crippen LogP contribution in [-0.2, 0) is 7.05 Å². The van der Waals surface area contributed by atoms with Crippen molar-refractivity contribution in [1.29, 1.82) is 0 Å². The van der Waals surface area contributed by atoms with Crippen LogP contribution in [0.3, 0.4) is 0 Å². The molecule has 104 valence electrons. The molecule has 18 heavy (non-hydrogen) atoms. The predicted molar refractivity (Wildman–Crippen MR) is 74.9 cm³/mol. The molecule has 5 nitrogen and oxygen atoms in total. The van der Waals surface area contributed by atoms with Gasteiger partial charge in [-0.1, -0.05) is 20.8 Å². The Balaban J connectivity index is 3.10. The first-order valence-electron chi connectivity index (χ1n) is 6.74. The Morgan fingerprint density at radius 1 is 1.44 bits per heavy atom. The van der Waals surface area contributed by atoms with Gasteiger partial charge in [-0.2, -0.15) is 5.10 Å². The van der Waals surface area contributed by atoms with E-state index in [1.807, 2.05) is 24.0 Å². The van der Waals surface area contributed by atoms with Crippen molar-refractivity contribution < 1.29 is 0 Å². The van der Waals surface area contributed by atoms with Gasteiger partial charge in [0.2, 0.25) is 0 Å². The summed E-state index contributed by atoms with van der Waals surface area (Å²) in [5.41, 5.74) is 3.92. The van der Waals surface area contributed by atoms with Crippen molar-refractivity contribution in [1.82, 2.24) is 20.1 Å². The van der Waals surface area contributed by atoms with Crippen LogP contribution in [0.4, 0.5) is 0 Å². The van der Waals surface area contributed by atoms with E-state index >= 15 is 0 Å². The standard InChI is InChI=1S/C13H27N5/c1-6-13(4,18(7-2)8-3)12(15-14)11-9-10-17(5)16-11/h9-10,12,15H,6-8,14H2,1-5H3. The van der Waals surface area contributed by atoms with Gasteiger partial charge in [0.1, 0.15) is 0 Å². The van der Waals surface area contributed by atoms with Crippen LogP contribution < -0.4 is 11.3 Å². The van der Waals surface area contributed by atoms with Crippen molar-refractivity contribution in [2.45, 2.75) is 45.7 Å². The third kappa shape index (κ3) is 2.74. The second-order valence-corrected chi connectivity index (χ2v) is 4.90. The largest absolute Gasteiger partial charge is 0.296 e. The number of hydrogen-bond acceptors (Lipinski definition) is 4. The molecule has 0 fully saturated rings. The molecule has 0 spiro atoms. The van der Waals surface area contributed by atoms with Crippen molar-refractivity contribution in [2.24, 2.45) is 12.9 Å². The fraction of sp³-hybridized carbons (Fsp3) is 0.769. The second kappa shape index (κ2) is 6.31. The van der Waals surface area contributed by atoms with Crippen molar-refractivity contribution in [3.8, 4) is 0 Å². The maximum Gasteiger partial charge on any atom is 0.0831 e. The summed E-state index contributed by atoms with van der Waals surface area (Å²) in [6, 6.07) is 2.06. The number of likely N-dealkylation sites (N-methyl/N-ethyl adjacent to an activating group) is 1. The van der Waals surface area contributed by atoms with Gasteiger partial charge in [0.05, 0.1) is 11.7 Å². The normalized spacial score (nSPS) is 16.8. The molecule has 3 N–H and O–H groups in total. The highest BCUT2D eigenvalue weighted by Gasteiger charge is 2.38. The van der Waals surface area contributed by atoms with Crippen LogP contribution in [-0.4, -0.2) is 33.3 Å². The molecule has 0 bridgehead atoms. The molecular weight excluding hydrogens is 226 g/mol. The van der Waals surface area contributed by atoms with E-state index in [4.69, 9.17) is 5.84 Å². The molecule has 0 radical (unpaired) electrons. The number of hydrazine groups is 1. The van der Waals surface area contributed by atoms with Crippen molar-refractivity contribution in [3.63, 3.8) is 0 Å². The van der Waals surface area contributed by atoms with Crippen LogP contribution in [0.25, 0.3) is 0 Å². The van der Waals surface area contributed by atoms with Gasteiger partial charge in [-0.05, 0) is 32.5 Å². The number of hydrogen-bond donors (Lipinski definition) is 2. The topological polar surface area (TPSA) is 59.1 Å². The van der Waals surface area contributed by atoms with Crippen LogP contribution in [0.1, 0.15) is 45.9 Å². The number of aryl methyl sites for hydroxylation is 1. The van der Waals surface area contributed by atoms with Crippen LogP contribution in [0.15, 0.2) is 12.3 Å². The maximum absolute atomic E-state index is 5.80. The Bertz CT molecular complexity index is 358. The van der Waals surface area contributed by atoms with E-state index in [9.17, 15) is 0 Å². The molecule has 1 aromatic rings. The highest BCUT2D eigenvalue weighted by molar-refractivity contribution is 5.13. The number of nitrogens with one attached hydrogen (secondary N) is 1. The average molecular weight is 253 g/mol. The van der Waals surface area contributed by atoms with Gasteiger partial charge in [-0.3, -0.25) is 15.4 Å². The van der Waals surface area contributed by atoms with Gasteiger partial charge in [-0.15, -0.1) is 0 Å². The summed E-state index contributed by atoms with van der Waals surface area (Å²) in [5, 5.41) is 4.49. The lowest BCUT2D eigenvalue weighted by Crippen LogP contribution is -2.55. The second-order valence-electron chi connectivity index (χ2n) is 4.90. The zero-order valence-corrected chi connectivity index (χ0v) is 12.3. The minimum atomic E-state index is -0.0351. The van der Waals surface area contributed by atoms with Gasteiger partial charge in [0, 0.05) is 18.8 Å². The number of aromatic nitrogens is 2. The van der Waals surface area contributed by atoms with E-state index in [1.165, 1.54) is 0 Å². The van der Waals surface area contributed by atoms with Crippen molar-refractivity contribution in [3.05, 3.63) is 18.0 Å². The monoisotopic (exact) mass is 253 g/mol. The Labute approximate surface area is 110 Å². The Morgan fingerprint density at radius 3 is 2.39 bits per heavy atom. The summed E-state index contributed by atoms with van der Waals surface area (Å²) in [4.78, 5) is 2.44. The summed E-state index contributed by atoms with van der Waals surface area (Å²) in [6.45, 7) is 10.8. The molecule has 0 aliphatic rings.